The molecule has 1 amide bonds. The maximum Gasteiger partial charge on any atom is 0.234 e. The van der Waals surface area contributed by atoms with Crippen molar-refractivity contribution in [3.8, 4) is 6.07 Å². The van der Waals surface area contributed by atoms with Gasteiger partial charge in [-0.1, -0.05) is 6.92 Å². The van der Waals surface area contributed by atoms with Crippen molar-refractivity contribution in [2.24, 2.45) is 0 Å². The molecular weight excluding hydrogens is 202 g/mol. The van der Waals surface area contributed by atoms with Crippen LogP contribution in [0.15, 0.2) is 0 Å². The number of hydrogen-bond donors (Lipinski definition) is 1. The fraction of sp³-hybridized carbons (Fsp3) is 0.833. The summed E-state index contributed by atoms with van der Waals surface area (Å²) in [5.41, 5.74) is 0. The first-order chi connectivity index (χ1) is 7.60. The van der Waals surface area contributed by atoms with Crippen LogP contribution in [-0.4, -0.2) is 36.5 Å². The Morgan fingerprint density at radius 1 is 1.44 bits per heavy atom. The lowest BCUT2D eigenvalue weighted by molar-refractivity contribution is -0.122. The molecule has 4 nitrogen and oxygen atoms in total. The molecule has 0 heterocycles. The van der Waals surface area contributed by atoms with Crippen LogP contribution in [0.2, 0.25) is 0 Å². The summed E-state index contributed by atoms with van der Waals surface area (Å²) in [5.74, 6) is 0.0807. The summed E-state index contributed by atoms with van der Waals surface area (Å²) in [5, 5.41) is 11.3. The normalized spacial score (nSPS) is 10.5. The Balaban J connectivity index is 3.74. The molecule has 0 unspecified atom stereocenters. The Hall–Kier alpha value is -1.08. The number of amides is 1. The summed E-state index contributed by atoms with van der Waals surface area (Å²) in [6.45, 7) is 8.19. The van der Waals surface area contributed by atoms with Gasteiger partial charge in [-0.2, -0.15) is 5.26 Å². The number of hydrogen-bond acceptors (Lipinski definition) is 3. The third-order valence-corrected chi connectivity index (χ3v) is 2.28. The molecule has 0 rings (SSSR count). The average Bonchev–Trinajstić information content (AvgIpc) is 2.21. The van der Waals surface area contributed by atoms with E-state index in [1.54, 1.807) is 0 Å². The molecular formula is C12H23N3O. The van der Waals surface area contributed by atoms with Crippen LogP contribution >= 0.6 is 0 Å². The molecule has 4 heteroatoms. The van der Waals surface area contributed by atoms with Crippen LogP contribution in [0.1, 0.15) is 40.0 Å². The number of nitrogens with one attached hydrogen (secondary N) is 1. The number of rotatable bonds is 8. The first kappa shape index (κ1) is 14.9. The number of carbonyl (C=O) groups excluding carboxylic acids is 1. The summed E-state index contributed by atoms with van der Waals surface area (Å²) >= 11 is 0. The van der Waals surface area contributed by atoms with Crippen molar-refractivity contribution in [3.63, 3.8) is 0 Å². The van der Waals surface area contributed by atoms with E-state index in [-0.39, 0.29) is 11.9 Å². The second kappa shape index (κ2) is 9.17. The van der Waals surface area contributed by atoms with Gasteiger partial charge in [0.25, 0.3) is 0 Å². The molecule has 0 aromatic rings. The van der Waals surface area contributed by atoms with Crippen molar-refractivity contribution in [1.29, 1.82) is 5.26 Å². The van der Waals surface area contributed by atoms with E-state index in [2.05, 4.69) is 16.3 Å². The molecule has 0 bridgehead atoms. The summed E-state index contributed by atoms with van der Waals surface area (Å²) in [4.78, 5) is 13.6. The molecule has 1 N–H and O–H groups in total. The van der Waals surface area contributed by atoms with Gasteiger partial charge in [0, 0.05) is 12.5 Å². The Bertz CT molecular complexity index is 233. The van der Waals surface area contributed by atoms with Crippen molar-refractivity contribution in [1.82, 2.24) is 10.2 Å². The van der Waals surface area contributed by atoms with Gasteiger partial charge in [-0.15, -0.1) is 0 Å². The Kier molecular flexibility index (Phi) is 8.55. The van der Waals surface area contributed by atoms with E-state index < -0.39 is 0 Å². The molecule has 0 aromatic heterocycles. The van der Waals surface area contributed by atoms with Crippen molar-refractivity contribution >= 4 is 5.91 Å². The molecule has 0 saturated heterocycles. The summed E-state index contributed by atoms with van der Waals surface area (Å²) < 4.78 is 0. The SMILES string of the molecule is CCN(CCCCC#N)CC(=O)NC(C)C. The lowest BCUT2D eigenvalue weighted by atomic mass is 10.2. The maximum atomic E-state index is 11.5. The van der Waals surface area contributed by atoms with Gasteiger partial charge < -0.3 is 5.32 Å². The quantitative estimate of drug-likeness (QED) is 0.637. The Morgan fingerprint density at radius 3 is 2.62 bits per heavy atom. The highest BCUT2D eigenvalue weighted by molar-refractivity contribution is 5.78. The summed E-state index contributed by atoms with van der Waals surface area (Å²) in [6, 6.07) is 2.33. The highest BCUT2D eigenvalue weighted by Gasteiger charge is 2.09. The van der Waals surface area contributed by atoms with E-state index >= 15 is 0 Å². The van der Waals surface area contributed by atoms with Crippen LogP contribution in [0.5, 0.6) is 0 Å². The van der Waals surface area contributed by atoms with Crippen molar-refractivity contribution in [3.05, 3.63) is 0 Å². The molecule has 0 atom stereocenters. The number of nitrogens with zero attached hydrogens (tertiary/aromatic N) is 2. The van der Waals surface area contributed by atoms with Gasteiger partial charge in [-0.25, -0.2) is 0 Å². The van der Waals surface area contributed by atoms with E-state index in [4.69, 9.17) is 5.26 Å². The standard InChI is InChI=1S/C12H23N3O/c1-4-15(9-7-5-6-8-13)10-12(16)14-11(2)3/h11H,4-7,9-10H2,1-3H3,(H,14,16). The molecule has 0 saturated carbocycles. The zero-order valence-electron chi connectivity index (χ0n) is 10.6. The van der Waals surface area contributed by atoms with Gasteiger partial charge in [-0.05, 0) is 39.8 Å². The predicted octanol–water partition coefficient (Wildman–Crippen LogP) is 1.53. The van der Waals surface area contributed by atoms with Gasteiger partial charge in [-0.3, -0.25) is 9.69 Å². The van der Waals surface area contributed by atoms with E-state index in [0.717, 1.165) is 25.9 Å². The van der Waals surface area contributed by atoms with E-state index in [1.807, 2.05) is 20.8 Å². The predicted molar refractivity (Wildman–Crippen MR) is 64.9 cm³/mol. The zero-order chi connectivity index (χ0) is 12.4. The molecule has 0 aromatic carbocycles. The smallest absolute Gasteiger partial charge is 0.234 e. The highest BCUT2D eigenvalue weighted by Crippen LogP contribution is 1.98. The lowest BCUT2D eigenvalue weighted by Crippen LogP contribution is -2.40. The van der Waals surface area contributed by atoms with Gasteiger partial charge >= 0.3 is 0 Å². The van der Waals surface area contributed by atoms with Crippen LogP contribution in [0.3, 0.4) is 0 Å². The number of unbranched alkanes of at least 4 members (excludes halogenated alkanes) is 2. The van der Waals surface area contributed by atoms with E-state index in [0.29, 0.717) is 13.0 Å². The fourth-order valence-corrected chi connectivity index (χ4v) is 1.46. The first-order valence-corrected chi connectivity index (χ1v) is 5.98. The van der Waals surface area contributed by atoms with Crippen LogP contribution in [0.25, 0.3) is 0 Å². The topological polar surface area (TPSA) is 56.1 Å². The van der Waals surface area contributed by atoms with E-state index in [1.165, 1.54) is 0 Å². The minimum absolute atomic E-state index is 0.0807. The van der Waals surface area contributed by atoms with Crippen molar-refractivity contribution in [2.75, 3.05) is 19.6 Å². The first-order valence-electron chi connectivity index (χ1n) is 5.98. The Labute approximate surface area is 98.6 Å². The van der Waals surface area contributed by atoms with Crippen LogP contribution in [0.4, 0.5) is 0 Å². The monoisotopic (exact) mass is 225 g/mol. The van der Waals surface area contributed by atoms with Crippen LogP contribution in [-0.2, 0) is 4.79 Å². The molecule has 16 heavy (non-hydrogen) atoms. The largest absolute Gasteiger partial charge is 0.353 e. The molecule has 0 aliphatic rings. The number of nitriles is 1. The highest BCUT2D eigenvalue weighted by atomic mass is 16.2. The van der Waals surface area contributed by atoms with Gasteiger partial charge in [0.05, 0.1) is 12.6 Å². The van der Waals surface area contributed by atoms with Crippen molar-refractivity contribution in [2.45, 2.75) is 46.1 Å². The minimum atomic E-state index is 0.0807. The average molecular weight is 225 g/mol. The third-order valence-electron chi connectivity index (χ3n) is 2.28. The Morgan fingerprint density at radius 2 is 2.12 bits per heavy atom. The summed E-state index contributed by atoms with van der Waals surface area (Å²) in [7, 11) is 0. The minimum Gasteiger partial charge on any atom is -0.353 e. The van der Waals surface area contributed by atoms with Gasteiger partial charge in [0.15, 0.2) is 0 Å². The van der Waals surface area contributed by atoms with Gasteiger partial charge in [0.1, 0.15) is 0 Å². The maximum absolute atomic E-state index is 11.5. The van der Waals surface area contributed by atoms with Gasteiger partial charge in [0.2, 0.25) is 5.91 Å². The van der Waals surface area contributed by atoms with Crippen LogP contribution < -0.4 is 5.32 Å². The van der Waals surface area contributed by atoms with E-state index in [9.17, 15) is 4.79 Å². The number of likely N-dealkylation sites (N-methyl/N-ethyl adjacent to an activating group) is 1. The molecule has 0 spiro atoms. The second-order valence-corrected chi connectivity index (χ2v) is 4.21. The van der Waals surface area contributed by atoms with Crippen molar-refractivity contribution < 1.29 is 4.79 Å². The summed E-state index contributed by atoms with van der Waals surface area (Å²) in [6.07, 6.45) is 2.50. The number of carbonyl (C=O) groups is 1. The second-order valence-electron chi connectivity index (χ2n) is 4.21. The molecule has 0 aliphatic carbocycles. The third kappa shape index (κ3) is 8.25. The van der Waals surface area contributed by atoms with Crippen LogP contribution in [0, 0.1) is 11.3 Å². The molecule has 92 valence electrons. The molecule has 0 fully saturated rings. The lowest BCUT2D eigenvalue weighted by Gasteiger charge is -2.20. The molecule has 0 aliphatic heterocycles. The molecule has 0 radical (unpaired) electrons. The zero-order valence-corrected chi connectivity index (χ0v) is 10.6. The fourth-order valence-electron chi connectivity index (χ4n) is 1.46.